The standard InChI is InChI=1S/C12H15F2NO/c1-8-5-9(16-2)3-4-10(8)11(15)6-12(13,14)7-11/h3-5H,6-7,15H2,1-2H3. The van der Waals surface area contributed by atoms with E-state index in [2.05, 4.69) is 0 Å². The van der Waals surface area contributed by atoms with Crippen LogP contribution in [0, 0.1) is 6.92 Å². The molecule has 2 rings (SSSR count). The normalized spacial score (nSPS) is 21.3. The molecule has 0 heterocycles. The quantitative estimate of drug-likeness (QED) is 0.842. The van der Waals surface area contributed by atoms with Crippen LogP contribution >= 0.6 is 0 Å². The smallest absolute Gasteiger partial charge is 0.252 e. The number of nitrogens with two attached hydrogens (primary N) is 1. The number of halogens is 2. The largest absolute Gasteiger partial charge is 0.497 e. The van der Waals surface area contributed by atoms with Crippen LogP contribution in [-0.4, -0.2) is 13.0 Å². The Bertz CT molecular complexity index is 409. The van der Waals surface area contributed by atoms with Crippen molar-refractivity contribution in [2.24, 2.45) is 5.73 Å². The number of hydrogen-bond acceptors (Lipinski definition) is 2. The van der Waals surface area contributed by atoms with Gasteiger partial charge in [-0.3, -0.25) is 0 Å². The number of methoxy groups -OCH3 is 1. The highest BCUT2D eigenvalue weighted by molar-refractivity contribution is 5.41. The van der Waals surface area contributed by atoms with Gasteiger partial charge in [0.15, 0.2) is 0 Å². The molecule has 1 aromatic rings. The summed E-state index contributed by atoms with van der Waals surface area (Å²) in [6.07, 6.45) is -0.541. The van der Waals surface area contributed by atoms with E-state index in [1.54, 1.807) is 19.2 Å². The summed E-state index contributed by atoms with van der Waals surface area (Å²) >= 11 is 0. The molecule has 0 amide bonds. The van der Waals surface area contributed by atoms with Crippen molar-refractivity contribution in [2.75, 3.05) is 7.11 Å². The lowest BCUT2D eigenvalue weighted by Gasteiger charge is -2.45. The zero-order valence-electron chi connectivity index (χ0n) is 9.39. The lowest BCUT2D eigenvalue weighted by atomic mass is 9.68. The van der Waals surface area contributed by atoms with Crippen LogP contribution in [0.3, 0.4) is 0 Å². The Morgan fingerprint density at radius 2 is 1.94 bits per heavy atom. The molecule has 2 nitrogen and oxygen atoms in total. The summed E-state index contributed by atoms with van der Waals surface area (Å²) in [5, 5.41) is 0. The Balaban J connectivity index is 2.29. The number of rotatable bonds is 2. The second-order valence-corrected chi connectivity index (χ2v) is 4.55. The average molecular weight is 227 g/mol. The molecule has 0 saturated heterocycles. The number of hydrogen-bond donors (Lipinski definition) is 1. The minimum Gasteiger partial charge on any atom is -0.497 e. The molecule has 0 radical (unpaired) electrons. The maximum atomic E-state index is 12.9. The number of aryl methyl sites for hydroxylation is 1. The third kappa shape index (κ3) is 1.78. The van der Waals surface area contributed by atoms with Crippen molar-refractivity contribution in [3.8, 4) is 5.75 Å². The SMILES string of the molecule is COc1ccc(C2(N)CC(F)(F)C2)c(C)c1. The predicted molar refractivity (Wildman–Crippen MR) is 57.8 cm³/mol. The molecule has 4 heteroatoms. The van der Waals surface area contributed by atoms with Crippen LogP contribution in [0.5, 0.6) is 5.75 Å². The topological polar surface area (TPSA) is 35.2 Å². The molecule has 1 saturated carbocycles. The van der Waals surface area contributed by atoms with Gasteiger partial charge >= 0.3 is 0 Å². The molecule has 0 atom stereocenters. The van der Waals surface area contributed by atoms with Crippen LogP contribution in [0.15, 0.2) is 18.2 Å². The fourth-order valence-electron chi connectivity index (χ4n) is 2.38. The van der Waals surface area contributed by atoms with Gasteiger partial charge in [0.25, 0.3) is 5.92 Å². The van der Waals surface area contributed by atoms with E-state index in [1.807, 2.05) is 13.0 Å². The van der Waals surface area contributed by atoms with E-state index in [4.69, 9.17) is 10.5 Å². The van der Waals surface area contributed by atoms with E-state index in [0.29, 0.717) is 0 Å². The van der Waals surface area contributed by atoms with E-state index in [-0.39, 0.29) is 12.8 Å². The van der Waals surface area contributed by atoms with Crippen LogP contribution in [0.25, 0.3) is 0 Å². The van der Waals surface area contributed by atoms with Crippen molar-refractivity contribution >= 4 is 0 Å². The number of ether oxygens (including phenoxy) is 1. The maximum absolute atomic E-state index is 12.9. The van der Waals surface area contributed by atoms with E-state index in [1.165, 1.54) is 0 Å². The van der Waals surface area contributed by atoms with Gasteiger partial charge in [-0.15, -0.1) is 0 Å². The van der Waals surface area contributed by atoms with Gasteiger partial charge in [0.05, 0.1) is 12.6 Å². The number of benzene rings is 1. The molecule has 0 aliphatic heterocycles. The van der Waals surface area contributed by atoms with Crippen molar-refractivity contribution in [1.29, 1.82) is 0 Å². The summed E-state index contributed by atoms with van der Waals surface area (Å²) in [7, 11) is 1.57. The van der Waals surface area contributed by atoms with Crippen LogP contribution < -0.4 is 10.5 Å². The fraction of sp³-hybridized carbons (Fsp3) is 0.500. The zero-order valence-corrected chi connectivity index (χ0v) is 9.39. The van der Waals surface area contributed by atoms with E-state index < -0.39 is 11.5 Å². The molecule has 1 aliphatic carbocycles. The summed E-state index contributed by atoms with van der Waals surface area (Å²) in [5.41, 5.74) is 6.79. The Hall–Kier alpha value is -1.16. The van der Waals surface area contributed by atoms with Crippen LogP contribution in [0.1, 0.15) is 24.0 Å². The van der Waals surface area contributed by atoms with Crippen molar-refractivity contribution < 1.29 is 13.5 Å². The summed E-state index contributed by atoms with van der Waals surface area (Å²) in [6, 6.07) is 5.36. The average Bonchev–Trinajstić information content (AvgIpc) is 2.13. The number of alkyl halides is 2. The van der Waals surface area contributed by atoms with Gasteiger partial charge in [-0.2, -0.15) is 0 Å². The highest BCUT2D eigenvalue weighted by Crippen LogP contribution is 2.50. The van der Waals surface area contributed by atoms with Gasteiger partial charge in [0.2, 0.25) is 0 Å². The Morgan fingerprint density at radius 3 is 2.38 bits per heavy atom. The van der Waals surface area contributed by atoms with Gasteiger partial charge in [0, 0.05) is 12.8 Å². The highest BCUT2D eigenvalue weighted by atomic mass is 19.3. The van der Waals surface area contributed by atoms with Crippen LogP contribution in [0.2, 0.25) is 0 Å². The second-order valence-electron chi connectivity index (χ2n) is 4.55. The molecule has 1 fully saturated rings. The first kappa shape index (κ1) is 11.3. The molecule has 16 heavy (non-hydrogen) atoms. The van der Waals surface area contributed by atoms with Gasteiger partial charge in [-0.1, -0.05) is 6.07 Å². The van der Waals surface area contributed by atoms with Crippen molar-refractivity contribution in [2.45, 2.75) is 31.2 Å². The summed E-state index contributed by atoms with van der Waals surface area (Å²) < 4.78 is 30.8. The van der Waals surface area contributed by atoms with E-state index in [9.17, 15) is 8.78 Å². The Kier molecular flexibility index (Phi) is 2.42. The van der Waals surface area contributed by atoms with Crippen LogP contribution in [0.4, 0.5) is 8.78 Å². The van der Waals surface area contributed by atoms with Gasteiger partial charge < -0.3 is 10.5 Å². The molecule has 0 aromatic heterocycles. The molecule has 0 unspecified atom stereocenters. The Morgan fingerprint density at radius 1 is 1.31 bits per heavy atom. The minimum absolute atomic E-state index is 0.271. The van der Waals surface area contributed by atoms with Crippen LogP contribution in [-0.2, 0) is 5.54 Å². The molecular formula is C12H15F2NO. The molecular weight excluding hydrogens is 212 g/mol. The highest BCUT2D eigenvalue weighted by Gasteiger charge is 2.55. The molecule has 2 N–H and O–H groups in total. The van der Waals surface area contributed by atoms with E-state index in [0.717, 1.165) is 16.9 Å². The lowest BCUT2D eigenvalue weighted by molar-refractivity contribution is -0.125. The maximum Gasteiger partial charge on any atom is 0.252 e. The van der Waals surface area contributed by atoms with Gasteiger partial charge in [-0.25, -0.2) is 8.78 Å². The van der Waals surface area contributed by atoms with Gasteiger partial charge in [0.1, 0.15) is 5.75 Å². The zero-order chi connectivity index (χ0) is 12.0. The molecule has 1 aromatic carbocycles. The predicted octanol–water partition coefficient (Wildman–Crippen LogP) is 2.59. The summed E-state index contributed by atoms with van der Waals surface area (Å²) in [5.74, 6) is -1.89. The third-order valence-corrected chi connectivity index (χ3v) is 3.12. The van der Waals surface area contributed by atoms with Gasteiger partial charge in [-0.05, 0) is 30.2 Å². The fourth-order valence-corrected chi connectivity index (χ4v) is 2.38. The molecule has 88 valence electrons. The summed E-state index contributed by atoms with van der Waals surface area (Å²) in [6.45, 7) is 1.86. The molecule has 0 spiro atoms. The summed E-state index contributed by atoms with van der Waals surface area (Å²) in [4.78, 5) is 0. The monoisotopic (exact) mass is 227 g/mol. The lowest BCUT2D eigenvalue weighted by Crippen LogP contribution is -2.55. The van der Waals surface area contributed by atoms with Crippen molar-refractivity contribution in [1.82, 2.24) is 0 Å². The second kappa shape index (κ2) is 3.42. The van der Waals surface area contributed by atoms with E-state index >= 15 is 0 Å². The first-order chi connectivity index (χ1) is 7.36. The molecule has 1 aliphatic rings. The minimum atomic E-state index is -2.61. The van der Waals surface area contributed by atoms with Crippen molar-refractivity contribution in [3.63, 3.8) is 0 Å². The first-order valence-electron chi connectivity index (χ1n) is 5.18. The Labute approximate surface area is 93.4 Å². The first-order valence-corrected chi connectivity index (χ1v) is 5.18. The third-order valence-electron chi connectivity index (χ3n) is 3.12. The van der Waals surface area contributed by atoms with Crippen molar-refractivity contribution in [3.05, 3.63) is 29.3 Å². The molecule has 0 bridgehead atoms.